The Morgan fingerprint density at radius 1 is 1.82 bits per heavy atom. The fourth-order valence-electron chi connectivity index (χ4n) is 0.703. The second-order valence-corrected chi connectivity index (χ2v) is 3.31. The van der Waals surface area contributed by atoms with Crippen LogP contribution in [0.4, 0.5) is 0 Å². The zero-order valence-corrected chi connectivity index (χ0v) is 7.30. The van der Waals surface area contributed by atoms with Crippen LogP contribution in [0, 0.1) is 11.3 Å². The van der Waals surface area contributed by atoms with Gasteiger partial charge in [-0.1, -0.05) is 0 Å². The molecule has 0 bridgehead atoms. The highest BCUT2D eigenvalue weighted by molar-refractivity contribution is 7.98. The first kappa shape index (κ1) is 8.15. The van der Waals surface area contributed by atoms with Crippen LogP contribution < -0.4 is 0 Å². The highest BCUT2D eigenvalue weighted by Gasteiger charge is 2.02. The van der Waals surface area contributed by atoms with Crippen LogP contribution in [0.5, 0.6) is 0 Å². The van der Waals surface area contributed by atoms with E-state index in [0.29, 0.717) is 10.9 Å². The van der Waals surface area contributed by atoms with Gasteiger partial charge in [0.1, 0.15) is 6.07 Å². The van der Waals surface area contributed by atoms with Crippen LogP contribution >= 0.6 is 11.8 Å². The third-order valence-corrected chi connectivity index (χ3v) is 2.34. The average Bonchev–Trinajstić information content (AvgIpc) is 2.50. The maximum Gasteiger partial charge on any atom is 0.102 e. The molecule has 1 unspecified atom stereocenters. The highest BCUT2D eigenvalue weighted by atomic mass is 32.2. The van der Waals surface area contributed by atoms with Crippen LogP contribution in [0.3, 0.4) is 0 Å². The first-order valence-electron chi connectivity index (χ1n) is 3.25. The summed E-state index contributed by atoms with van der Waals surface area (Å²) in [4.78, 5) is 0. The number of hydrogen-bond donors (Lipinski definition) is 0. The fourth-order valence-corrected chi connectivity index (χ4v) is 1.03. The summed E-state index contributed by atoms with van der Waals surface area (Å²) < 4.78 is 1.78. The van der Waals surface area contributed by atoms with Gasteiger partial charge in [0.15, 0.2) is 0 Å². The largest absolute Gasteiger partial charge is 0.259 e. The average molecular weight is 167 g/mol. The second kappa shape index (κ2) is 3.44. The number of hydrogen-bond acceptors (Lipinski definition) is 3. The maximum atomic E-state index is 8.50. The molecule has 0 spiro atoms. The molecule has 0 aromatic carbocycles. The van der Waals surface area contributed by atoms with Crippen LogP contribution in [0.2, 0.25) is 0 Å². The van der Waals surface area contributed by atoms with Crippen molar-refractivity contribution in [3.05, 3.63) is 18.0 Å². The summed E-state index contributed by atoms with van der Waals surface area (Å²) in [5.74, 6) is 0. The van der Waals surface area contributed by atoms with Gasteiger partial charge in [0.05, 0.1) is 17.1 Å². The summed E-state index contributed by atoms with van der Waals surface area (Å²) in [5, 5.41) is 12.8. The van der Waals surface area contributed by atoms with Crippen LogP contribution in [0.25, 0.3) is 0 Å². The summed E-state index contributed by atoms with van der Waals surface area (Å²) in [7, 11) is 0. The minimum absolute atomic E-state index is 0.303. The Balaban J connectivity index is 2.82. The molecule has 0 aliphatic heterocycles. The molecular weight excluding hydrogens is 158 g/mol. The van der Waals surface area contributed by atoms with E-state index in [2.05, 4.69) is 5.10 Å². The van der Waals surface area contributed by atoms with Gasteiger partial charge < -0.3 is 0 Å². The van der Waals surface area contributed by atoms with Gasteiger partial charge >= 0.3 is 0 Å². The van der Waals surface area contributed by atoms with Gasteiger partial charge in [-0.15, -0.1) is 11.8 Å². The van der Waals surface area contributed by atoms with E-state index in [4.69, 9.17) is 5.26 Å². The third-order valence-electron chi connectivity index (χ3n) is 1.44. The van der Waals surface area contributed by atoms with E-state index in [0.717, 1.165) is 0 Å². The van der Waals surface area contributed by atoms with Crippen molar-refractivity contribution in [1.82, 2.24) is 9.78 Å². The number of thioether (sulfide) groups is 1. The van der Waals surface area contributed by atoms with Crippen molar-refractivity contribution >= 4 is 11.8 Å². The first-order chi connectivity index (χ1) is 5.27. The van der Waals surface area contributed by atoms with E-state index in [-0.39, 0.29) is 0 Å². The predicted molar refractivity (Wildman–Crippen MR) is 45.2 cm³/mol. The summed E-state index contributed by atoms with van der Waals surface area (Å²) >= 11 is 1.69. The van der Waals surface area contributed by atoms with E-state index >= 15 is 0 Å². The Bertz CT molecular complexity index is 273. The Morgan fingerprint density at radius 3 is 3.00 bits per heavy atom. The van der Waals surface area contributed by atoms with E-state index < -0.39 is 0 Å². The molecule has 0 aliphatic rings. The molecule has 0 saturated carbocycles. The molecule has 1 rings (SSSR count). The lowest BCUT2D eigenvalue weighted by molar-refractivity contribution is 0.643. The summed E-state index contributed by atoms with van der Waals surface area (Å²) in [6.07, 6.45) is 5.34. The molecule has 0 saturated heterocycles. The van der Waals surface area contributed by atoms with Gasteiger partial charge in [-0.25, -0.2) is 0 Å². The summed E-state index contributed by atoms with van der Waals surface area (Å²) in [6, 6.07) is 2.03. The molecular formula is C7H9N3S. The Labute approximate surface area is 70.0 Å². The fraction of sp³-hybridized carbons (Fsp3) is 0.429. The van der Waals surface area contributed by atoms with Gasteiger partial charge in [-0.2, -0.15) is 10.4 Å². The Morgan fingerprint density at radius 2 is 2.55 bits per heavy atom. The van der Waals surface area contributed by atoms with Crippen molar-refractivity contribution in [1.29, 1.82) is 5.26 Å². The Kier molecular flexibility index (Phi) is 2.55. The lowest BCUT2D eigenvalue weighted by Crippen LogP contribution is -1.99. The molecule has 0 fully saturated rings. The molecule has 1 aromatic rings. The lowest BCUT2D eigenvalue weighted by Gasteiger charge is -2.06. The van der Waals surface area contributed by atoms with Gasteiger partial charge in [0.25, 0.3) is 0 Å². The van der Waals surface area contributed by atoms with Crippen molar-refractivity contribution in [2.24, 2.45) is 0 Å². The zero-order chi connectivity index (χ0) is 8.27. The van der Waals surface area contributed by atoms with Crippen molar-refractivity contribution in [3.8, 4) is 6.07 Å². The smallest absolute Gasteiger partial charge is 0.102 e. The Hall–Kier alpha value is -0.950. The third kappa shape index (κ3) is 1.75. The molecule has 58 valence electrons. The van der Waals surface area contributed by atoms with E-state index in [1.165, 1.54) is 0 Å². The lowest BCUT2D eigenvalue weighted by atomic mass is 10.4. The normalized spacial score (nSPS) is 12.5. The van der Waals surface area contributed by atoms with Crippen molar-refractivity contribution in [2.45, 2.75) is 12.3 Å². The zero-order valence-electron chi connectivity index (χ0n) is 6.48. The molecule has 0 aliphatic carbocycles. The molecule has 1 aromatic heterocycles. The molecule has 1 heterocycles. The van der Waals surface area contributed by atoms with Crippen molar-refractivity contribution in [2.75, 3.05) is 6.26 Å². The molecule has 11 heavy (non-hydrogen) atoms. The molecule has 3 nitrogen and oxygen atoms in total. The van der Waals surface area contributed by atoms with Crippen LogP contribution in [0.15, 0.2) is 12.4 Å². The molecule has 0 N–H and O–H groups in total. The van der Waals surface area contributed by atoms with Gasteiger partial charge in [0.2, 0.25) is 0 Å². The van der Waals surface area contributed by atoms with Crippen LogP contribution in [-0.2, 0) is 0 Å². The quantitative estimate of drug-likeness (QED) is 0.672. The predicted octanol–water partition coefficient (Wildman–Crippen LogP) is 1.64. The number of aromatic nitrogens is 2. The van der Waals surface area contributed by atoms with E-state index in [1.807, 2.05) is 19.2 Å². The highest BCUT2D eigenvalue weighted by Crippen LogP contribution is 2.17. The monoisotopic (exact) mass is 167 g/mol. The topological polar surface area (TPSA) is 41.6 Å². The standard InChI is InChI=1S/C7H9N3S/c1-6(11-2)10-5-7(3-8)4-9-10/h4-6H,1-2H3. The van der Waals surface area contributed by atoms with Crippen LogP contribution in [0.1, 0.15) is 17.9 Å². The molecule has 0 radical (unpaired) electrons. The minimum Gasteiger partial charge on any atom is -0.259 e. The number of rotatable bonds is 2. The minimum atomic E-state index is 0.303. The van der Waals surface area contributed by atoms with Gasteiger partial charge in [-0.3, -0.25) is 4.68 Å². The maximum absolute atomic E-state index is 8.50. The van der Waals surface area contributed by atoms with Crippen molar-refractivity contribution in [3.63, 3.8) is 0 Å². The molecule has 1 atom stereocenters. The number of nitrogens with zero attached hydrogens (tertiary/aromatic N) is 3. The summed E-state index contributed by atoms with van der Waals surface area (Å²) in [6.45, 7) is 2.04. The van der Waals surface area contributed by atoms with Crippen LogP contribution in [-0.4, -0.2) is 16.0 Å². The molecule has 0 amide bonds. The van der Waals surface area contributed by atoms with Crippen molar-refractivity contribution < 1.29 is 0 Å². The second-order valence-electron chi connectivity index (χ2n) is 2.16. The first-order valence-corrected chi connectivity index (χ1v) is 4.53. The number of nitriles is 1. The van der Waals surface area contributed by atoms with Gasteiger partial charge in [0, 0.05) is 6.20 Å². The van der Waals surface area contributed by atoms with E-state index in [1.54, 1.807) is 28.8 Å². The molecule has 4 heteroatoms. The van der Waals surface area contributed by atoms with E-state index in [9.17, 15) is 0 Å². The SMILES string of the molecule is CSC(C)n1cc(C#N)cn1. The van der Waals surface area contributed by atoms with Gasteiger partial charge in [-0.05, 0) is 13.2 Å². The summed E-state index contributed by atoms with van der Waals surface area (Å²) in [5.41, 5.74) is 0.617.